The van der Waals surface area contributed by atoms with Gasteiger partial charge in [0.1, 0.15) is 0 Å². The SMILES string of the molecule is Cc1ccc(NC(=O)Cc2ccccc2C)c(Cl)c1. The van der Waals surface area contributed by atoms with E-state index in [0.29, 0.717) is 17.1 Å². The Kier molecular flexibility index (Phi) is 4.23. The number of hydrogen-bond donors (Lipinski definition) is 1. The van der Waals surface area contributed by atoms with Crippen molar-refractivity contribution in [2.45, 2.75) is 20.3 Å². The Bertz CT molecular complexity index is 607. The molecule has 0 aliphatic carbocycles. The maximum atomic E-state index is 12.0. The van der Waals surface area contributed by atoms with Crippen LogP contribution in [-0.2, 0) is 11.2 Å². The summed E-state index contributed by atoms with van der Waals surface area (Å²) in [6.45, 7) is 3.96. The summed E-state index contributed by atoms with van der Waals surface area (Å²) in [5.41, 5.74) is 3.88. The fourth-order valence-electron chi connectivity index (χ4n) is 1.90. The van der Waals surface area contributed by atoms with Crippen molar-refractivity contribution in [2.24, 2.45) is 0 Å². The molecule has 0 saturated heterocycles. The second-order valence-corrected chi connectivity index (χ2v) is 5.04. The first-order chi connectivity index (χ1) is 9.06. The third kappa shape index (κ3) is 3.58. The van der Waals surface area contributed by atoms with Gasteiger partial charge in [-0.25, -0.2) is 0 Å². The van der Waals surface area contributed by atoms with E-state index >= 15 is 0 Å². The first-order valence-electron chi connectivity index (χ1n) is 6.17. The zero-order valence-electron chi connectivity index (χ0n) is 11.0. The van der Waals surface area contributed by atoms with Gasteiger partial charge in [-0.1, -0.05) is 41.9 Å². The summed E-state index contributed by atoms with van der Waals surface area (Å²) in [5.74, 6) is -0.0555. The molecule has 0 atom stereocenters. The van der Waals surface area contributed by atoms with Crippen LogP contribution in [0, 0.1) is 13.8 Å². The van der Waals surface area contributed by atoms with Crippen LogP contribution in [0.3, 0.4) is 0 Å². The van der Waals surface area contributed by atoms with Gasteiger partial charge in [0.2, 0.25) is 5.91 Å². The highest BCUT2D eigenvalue weighted by atomic mass is 35.5. The van der Waals surface area contributed by atoms with Crippen LogP contribution in [0.25, 0.3) is 0 Å². The first-order valence-corrected chi connectivity index (χ1v) is 6.54. The lowest BCUT2D eigenvalue weighted by molar-refractivity contribution is -0.115. The van der Waals surface area contributed by atoms with Crippen molar-refractivity contribution in [1.29, 1.82) is 0 Å². The van der Waals surface area contributed by atoms with Crippen molar-refractivity contribution < 1.29 is 4.79 Å². The summed E-state index contributed by atoms with van der Waals surface area (Å²) in [7, 11) is 0. The van der Waals surface area contributed by atoms with E-state index in [9.17, 15) is 4.79 Å². The highest BCUT2D eigenvalue weighted by molar-refractivity contribution is 6.33. The fourth-order valence-corrected chi connectivity index (χ4v) is 2.18. The second kappa shape index (κ2) is 5.89. The highest BCUT2D eigenvalue weighted by Crippen LogP contribution is 2.23. The fraction of sp³-hybridized carbons (Fsp3) is 0.188. The van der Waals surface area contributed by atoms with Gasteiger partial charge in [-0.15, -0.1) is 0 Å². The number of aryl methyl sites for hydroxylation is 2. The molecule has 0 bridgehead atoms. The second-order valence-electron chi connectivity index (χ2n) is 4.63. The zero-order valence-corrected chi connectivity index (χ0v) is 11.8. The van der Waals surface area contributed by atoms with E-state index in [4.69, 9.17) is 11.6 Å². The minimum absolute atomic E-state index is 0.0555. The van der Waals surface area contributed by atoms with Gasteiger partial charge in [0, 0.05) is 0 Å². The monoisotopic (exact) mass is 273 g/mol. The topological polar surface area (TPSA) is 29.1 Å². The van der Waals surface area contributed by atoms with Gasteiger partial charge in [-0.2, -0.15) is 0 Å². The molecule has 0 saturated carbocycles. The largest absolute Gasteiger partial charge is 0.324 e. The van der Waals surface area contributed by atoms with Crippen LogP contribution in [0.1, 0.15) is 16.7 Å². The molecule has 0 fully saturated rings. The van der Waals surface area contributed by atoms with Crippen molar-refractivity contribution >= 4 is 23.2 Å². The summed E-state index contributed by atoms with van der Waals surface area (Å²) in [4.78, 5) is 12.0. The molecule has 1 amide bonds. The van der Waals surface area contributed by atoms with Gasteiger partial charge >= 0.3 is 0 Å². The molecule has 0 unspecified atom stereocenters. The number of nitrogens with one attached hydrogen (secondary N) is 1. The average molecular weight is 274 g/mol. The van der Waals surface area contributed by atoms with E-state index in [1.165, 1.54) is 0 Å². The Morgan fingerprint density at radius 3 is 2.58 bits per heavy atom. The lowest BCUT2D eigenvalue weighted by atomic mass is 10.1. The van der Waals surface area contributed by atoms with Crippen molar-refractivity contribution in [2.75, 3.05) is 5.32 Å². The van der Waals surface area contributed by atoms with Crippen LogP contribution >= 0.6 is 11.6 Å². The Labute approximate surface area is 118 Å². The molecule has 0 aliphatic rings. The number of halogens is 1. The number of rotatable bonds is 3. The first kappa shape index (κ1) is 13.6. The van der Waals surface area contributed by atoms with E-state index in [1.807, 2.05) is 56.3 Å². The molecule has 0 aliphatic heterocycles. The van der Waals surface area contributed by atoms with Crippen molar-refractivity contribution in [1.82, 2.24) is 0 Å². The van der Waals surface area contributed by atoms with Gasteiger partial charge < -0.3 is 5.32 Å². The Morgan fingerprint density at radius 1 is 1.16 bits per heavy atom. The van der Waals surface area contributed by atoms with Crippen LogP contribution in [0.4, 0.5) is 5.69 Å². The van der Waals surface area contributed by atoms with Gasteiger partial charge in [0.15, 0.2) is 0 Å². The summed E-state index contributed by atoms with van der Waals surface area (Å²) in [5, 5.41) is 3.41. The quantitative estimate of drug-likeness (QED) is 0.895. The molecular weight excluding hydrogens is 258 g/mol. The van der Waals surface area contributed by atoms with E-state index in [1.54, 1.807) is 0 Å². The van der Waals surface area contributed by atoms with Crippen LogP contribution in [0.2, 0.25) is 5.02 Å². The molecule has 2 nitrogen and oxygen atoms in total. The van der Waals surface area contributed by atoms with E-state index in [-0.39, 0.29) is 5.91 Å². The molecule has 0 spiro atoms. The number of hydrogen-bond acceptors (Lipinski definition) is 1. The predicted molar refractivity (Wildman–Crippen MR) is 79.7 cm³/mol. The molecule has 0 aromatic heterocycles. The van der Waals surface area contributed by atoms with E-state index in [2.05, 4.69) is 5.32 Å². The Balaban J connectivity index is 2.08. The molecule has 98 valence electrons. The molecular formula is C16H16ClNO. The van der Waals surface area contributed by atoms with Crippen LogP contribution < -0.4 is 5.32 Å². The molecule has 3 heteroatoms. The van der Waals surface area contributed by atoms with Crippen molar-refractivity contribution in [3.05, 3.63) is 64.2 Å². The smallest absolute Gasteiger partial charge is 0.228 e. The summed E-state index contributed by atoms with van der Waals surface area (Å²) >= 11 is 6.09. The third-order valence-corrected chi connectivity index (χ3v) is 3.32. The molecule has 2 rings (SSSR count). The zero-order chi connectivity index (χ0) is 13.8. The standard InChI is InChI=1S/C16H16ClNO/c1-11-7-8-15(14(17)9-11)18-16(19)10-13-6-4-3-5-12(13)2/h3-9H,10H2,1-2H3,(H,18,19). The molecule has 0 heterocycles. The third-order valence-electron chi connectivity index (χ3n) is 3.01. The number of carbonyl (C=O) groups is 1. The molecule has 19 heavy (non-hydrogen) atoms. The summed E-state index contributed by atoms with van der Waals surface area (Å²) in [6, 6.07) is 13.5. The molecule has 1 N–H and O–H groups in total. The summed E-state index contributed by atoms with van der Waals surface area (Å²) < 4.78 is 0. The normalized spacial score (nSPS) is 10.3. The number of anilines is 1. The van der Waals surface area contributed by atoms with E-state index in [0.717, 1.165) is 16.7 Å². The van der Waals surface area contributed by atoms with Crippen LogP contribution in [0.5, 0.6) is 0 Å². The van der Waals surface area contributed by atoms with Gasteiger partial charge in [-0.3, -0.25) is 4.79 Å². The lowest BCUT2D eigenvalue weighted by Crippen LogP contribution is -2.15. The van der Waals surface area contributed by atoms with Crippen molar-refractivity contribution in [3.8, 4) is 0 Å². The average Bonchev–Trinajstić information content (AvgIpc) is 2.36. The number of benzene rings is 2. The van der Waals surface area contributed by atoms with Crippen molar-refractivity contribution in [3.63, 3.8) is 0 Å². The van der Waals surface area contributed by atoms with Crippen LogP contribution in [-0.4, -0.2) is 5.91 Å². The number of carbonyl (C=O) groups excluding carboxylic acids is 1. The van der Waals surface area contributed by atoms with E-state index < -0.39 is 0 Å². The minimum atomic E-state index is -0.0555. The maximum Gasteiger partial charge on any atom is 0.228 e. The van der Waals surface area contributed by atoms with Gasteiger partial charge in [-0.05, 0) is 42.7 Å². The predicted octanol–water partition coefficient (Wildman–Crippen LogP) is 4.14. The Morgan fingerprint density at radius 2 is 1.89 bits per heavy atom. The lowest BCUT2D eigenvalue weighted by Gasteiger charge is -2.09. The van der Waals surface area contributed by atoms with Crippen LogP contribution in [0.15, 0.2) is 42.5 Å². The number of amides is 1. The minimum Gasteiger partial charge on any atom is -0.324 e. The maximum absolute atomic E-state index is 12.0. The highest BCUT2D eigenvalue weighted by Gasteiger charge is 2.08. The summed E-state index contributed by atoms with van der Waals surface area (Å²) in [6.07, 6.45) is 0.358. The van der Waals surface area contributed by atoms with Gasteiger partial charge in [0.05, 0.1) is 17.1 Å². The van der Waals surface area contributed by atoms with Gasteiger partial charge in [0.25, 0.3) is 0 Å². The molecule has 2 aromatic carbocycles. The molecule has 0 radical (unpaired) electrons. The Hall–Kier alpha value is -1.80. The molecule has 2 aromatic rings.